The molecule has 0 fully saturated rings. The minimum atomic E-state index is 1.10. The maximum absolute atomic E-state index is 4.14. The van der Waals surface area contributed by atoms with Gasteiger partial charge in [0.2, 0.25) is 0 Å². The lowest BCUT2D eigenvalue weighted by Gasteiger charge is -1.82. The van der Waals surface area contributed by atoms with Crippen molar-refractivity contribution < 1.29 is 0 Å². The normalized spacial score (nSPS) is 9.67. The van der Waals surface area contributed by atoms with Crippen LogP contribution in [0.4, 0.5) is 0 Å². The summed E-state index contributed by atoms with van der Waals surface area (Å²) in [5.74, 6) is 0. The summed E-state index contributed by atoms with van der Waals surface area (Å²) in [6.45, 7) is 0. The Morgan fingerprint density at radius 2 is 1.29 bits per heavy atom. The predicted molar refractivity (Wildman–Crippen MR) is 103 cm³/mol. The molecule has 3 nitrogen and oxygen atoms in total. The van der Waals surface area contributed by atoms with Crippen LogP contribution in [0.1, 0.15) is 0 Å². The highest BCUT2D eigenvalue weighted by molar-refractivity contribution is 7.17. The van der Waals surface area contributed by atoms with Crippen LogP contribution in [0.15, 0.2) is 90.3 Å². The number of rotatable bonds is 0. The van der Waals surface area contributed by atoms with Gasteiger partial charge in [-0.05, 0) is 35.0 Å². The summed E-state index contributed by atoms with van der Waals surface area (Å²) in [5.41, 5.74) is 2.97. The van der Waals surface area contributed by atoms with E-state index in [0.717, 1.165) is 5.52 Å². The first-order valence-electron chi connectivity index (χ1n) is 7.34. The van der Waals surface area contributed by atoms with Gasteiger partial charge in [-0.3, -0.25) is 9.97 Å². The van der Waals surface area contributed by atoms with E-state index in [-0.39, 0.29) is 0 Å². The van der Waals surface area contributed by atoms with Gasteiger partial charge in [0.05, 0.1) is 15.7 Å². The van der Waals surface area contributed by atoms with Gasteiger partial charge in [-0.2, -0.15) is 0 Å². The van der Waals surface area contributed by atoms with Crippen molar-refractivity contribution in [2.75, 3.05) is 0 Å². The van der Waals surface area contributed by atoms with Crippen LogP contribution in [0.5, 0.6) is 0 Å². The molecule has 0 N–H and O–H groups in total. The van der Waals surface area contributed by atoms with Crippen LogP contribution in [-0.4, -0.2) is 15.0 Å². The van der Waals surface area contributed by atoms with Crippen molar-refractivity contribution in [1.29, 1.82) is 0 Å². The van der Waals surface area contributed by atoms with E-state index < -0.39 is 0 Å². The Morgan fingerprint density at radius 3 is 1.96 bits per heavy atom. The number of hydrogen-bond acceptors (Lipinski definition) is 5. The van der Waals surface area contributed by atoms with Crippen molar-refractivity contribution in [3.8, 4) is 0 Å². The molecule has 0 atom stereocenters. The molecular formula is C19H15N3S2. The van der Waals surface area contributed by atoms with Gasteiger partial charge < -0.3 is 0 Å². The molecule has 0 radical (unpaired) electrons. The van der Waals surface area contributed by atoms with Gasteiger partial charge in [0.15, 0.2) is 0 Å². The summed E-state index contributed by atoms with van der Waals surface area (Å²) >= 11 is 3.46. The molecule has 0 unspecified atom stereocenters. The monoisotopic (exact) mass is 349 g/mol. The fourth-order valence-corrected chi connectivity index (χ4v) is 3.43. The molecule has 0 aliphatic rings. The number of fused-ring (bicyclic) bond motifs is 2. The van der Waals surface area contributed by atoms with Crippen LogP contribution < -0.4 is 0 Å². The molecule has 0 spiro atoms. The van der Waals surface area contributed by atoms with Gasteiger partial charge in [0.1, 0.15) is 0 Å². The number of para-hydroxylation sites is 1. The zero-order chi connectivity index (χ0) is 16.5. The van der Waals surface area contributed by atoms with E-state index in [4.69, 9.17) is 0 Å². The molecule has 0 amide bonds. The van der Waals surface area contributed by atoms with Gasteiger partial charge >= 0.3 is 0 Å². The van der Waals surface area contributed by atoms with Crippen molar-refractivity contribution in [2.24, 2.45) is 0 Å². The molecule has 0 aliphatic heterocycles. The van der Waals surface area contributed by atoms with Gasteiger partial charge in [0, 0.05) is 29.5 Å². The Morgan fingerprint density at radius 1 is 0.625 bits per heavy atom. The van der Waals surface area contributed by atoms with Crippen molar-refractivity contribution in [2.45, 2.75) is 0 Å². The third kappa shape index (κ3) is 4.68. The molecule has 3 heterocycles. The fourth-order valence-electron chi connectivity index (χ4n) is 1.96. The topological polar surface area (TPSA) is 38.7 Å². The zero-order valence-corrected chi connectivity index (χ0v) is 14.5. The summed E-state index contributed by atoms with van der Waals surface area (Å²) in [6.07, 6.45) is 6.56. The average molecular weight is 349 g/mol. The molecule has 0 saturated carbocycles. The Kier molecular flexibility index (Phi) is 5.99. The van der Waals surface area contributed by atoms with Crippen molar-refractivity contribution in [1.82, 2.24) is 15.0 Å². The molecule has 5 rings (SSSR count). The van der Waals surface area contributed by atoms with Gasteiger partial charge in [0.25, 0.3) is 0 Å². The summed E-state index contributed by atoms with van der Waals surface area (Å²) in [5, 5.41) is 3.47. The van der Waals surface area contributed by atoms with E-state index in [1.165, 1.54) is 14.8 Å². The maximum atomic E-state index is 4.14. The van der Waals surface area contributed by atoms with E-state index in [9.17, 15) is 0 Å². The van der Waals surface area contributed by atoms with Crippen molar-refractivity contribution in [3.63, 3.8) is 0 Å². The maximum Gasteiger partial charge on any atom is 0.0812 e. The molecular weight excluding hydrogens is 334 g/mol. The molecule has 2 aromatic carbocycles. The van der Waals surface area contributed by atoms with Crippen LogP contribution in [0.25, 0.3) is 20.3 Å². The van der Waals surface area contributed by atoms with E-state index in [2.05, 4.69) is 56.7 Å². The summed E-state index contributed by atoms with van der Waals surface area (Å²) in [4.78, 5) is 11.6. The van der Waals surface area contributed by atoms with E-state index in [1.807, 2.05) is 23.7 Å². The summed E-state index contributed by atoms with van der Waals surface area (Å²) in [7, 11) is 0. The third-order valence-corrected chi connectivity index (χ3v) is 4.78. The number of benzene rings is 2. The molecule has 118 valence electrons. The number of aromatic nitrogens is 3. The largest absolute Gasteiger partial charge is 0.262 e. The SMILES string of the molecule is c1ccc2sccc2c1.c1ccc2scnc2c1.c1cnccn1. The molecule has 5 aromatic rings. The average Bonchev–Trinajstić information content (AvgIpc) is 3.33. The molecule has 0 aliphatic carbocycles. The summed E-state index contributed by atoms with van der Waals surface area (Å²) < 4.78 is 2.63. The molecule has 3 aromatic heterocycles. The lowest BCUT2D eigenvalue weighted by Crippen LogP contribution is -1.66. The van der Waals surface area contributed by atoms with Crippen LogP contribution >= 0.6 is 22.7 Å². The van der Waals surface area contributed by atoms with Crippen LogP contribution in [-0.2, 0) is 0 Å². The molecule has 24 heavy (non-hydrogen) atoms. The number of nitrogens with zero attached hydrogens (tertiary/aromatic N) is 3. The highest BCUT2D eigenvalue weighted by Gasteiger charge is 1.89. The second kappa shape index (κ2) is 8.86. The third-order valence-electron chi connectivity index (χ3n) is 3.08. The van der Waals surface area contributed by atoms with Gasteiger partial charge in [-0.25, -0.2) is 4.98 Å². The number of thiophene rings is 1. The van der Waals surface area contributed by atoms with Crippen LogP contribution in [0.3, 0.4) is 0 Å². The zero-order valence-electron chi connectivity index (χ0n) is 12.8. The standard InChI is InChI=1S/C8H6S.C7H5NS.C4H4N2/c1-2-4-8-7(3-1)5-6-9-8;1-2-4-7-6(3-1)8-5-9-7;1-2-6-4-3-5-1/h1-6H;1-5H;1-4H. The van der Waals surface area contributed by atoms with Gasteiger partial charge in [-0.1, -0.05) is 30.3 Å². The second-order valence-electron chi connectivity index (χ2n) is 4.67. The predicted octanol–water partition coefficient (Wildman–Crippen LogP) is 5.67. The van der Waals surface area contributed by atoms with Gasteiger partial charge in [-0.15, -0.1) is 22.7 Å². The Bertz CT molecular complexity index is 824. The minimum absolute atomic E-state index is 1.10. The lowest BCUT2D eigenvalue weighted by atomic mass is 10.3. The molecule has 0 bridgehead atoms. The number of thiazole rings is 1. The lowest BCUT2D eigenvalue weighted by molar-refractivity contribution is 1.20. The Balaban J connectivity index is 0.000000108. The Hall–Kier alpha value is -2.63. The quantitative estimate of drug-likeness (QED) is 0.361. The second-order valence-corrected chi connectivity index (χ2v) is 6.51. The number of hydrogen-bond donors (Lipinski definition) is 0. The highest BCUT2D eigenvalue weighted by atomic mass is 32.1. The van der Waals surface area contributed by atoms with Crippen molar-refractivity contribution >= 4 is 43.0 Å². The first kappa shape index (κ1) is 16.2. The van der Waals surface area contributed by atoms with E-state index >= 15 is 0 Å². The first-order chi connectivity index (χ1) is 11.9. The summed E-state index contributed by atoms with van der Waals surface area (Å²) in [6, 6.07) is 18.7. The first-order valence-corrected chi connectivity index (χ1v) is 9.10. The van der Waals surface area contributed by atoms with Crippen molar-refractivity contribution in [3.05, 3.63) is 90.3 Å². The fraction of sp³-hybridized carbons (Fsp3) is 0. The van der Waals surface area contributed by atoms with E-state index in [1.54, 1.807) is 47.5 Å². The minimum Gasteiger partial charge on any atom is -0.262 e. The smallest absolute Gasteiger partial charge is 0.0812 e. The molecule has 5 heteroatoms. The molecule has 0 saturated heterocycles. The van der Waals surface area contributed by atoms with E-state index in [0.29, 0.717) is 0 Å². The van der Waals surface area contributed by atoms with Crippen LogP contribution in [0.2, 0.25) is 0 Å². The highest BCUT2D eigenvalue weighted by Crippen LogP contribution is 2.18. The van der Waals surface area contributed by atoms with Crippen LogP contribution in [0, 0.1) is 0 Å². The Labute approximate surface area is 148 Å².